The van der Waals surface area contributed by atoms with E-state index in [1.807, 2.05) is 29.5 Å². The predicted molar refractivity (Wildman–Crippen MR) is 240 cm³/mol. The number of para-hydroxylation sites is 1. The van der Waals surface area contributed by atoms with Crippen LogP contribution in [0.5, 0.6) is 0 Å². The molecule has 0 N–H and O–H groups in total. The Hall–Kier alpha value is -7.05. The van der Waals surface area contributed by atoms with Crippen molar-refractivity contribution >= 4 is 103 Å². The second-order valence-electron chi connectivity index (χ2n) is 15.0. The molecule has 0 saturated heterocycles. The smallest absolute Gasteiger partial charge is 0.227 e. The predicted octanol–water partition coefficient (Wildman–Crippen LogP) is 15.3. The summed E-state index contributed by atoms with van der Waals surface area (Å²) < 4.78 is 16.2. The van der Waals surface area contributed by atoms with E-state index in [0.717, 1.165) is 82.6 Å². The zero-order chi connectivity index (χ0) is 37.7. The van der Waals surface area contributed by atoms with Gasteiger partial charge < -0.3 is 8.83 Å². The number of oxazole rings is 1. The van der Waals surface area contributed by atoms with Gasteiger partial charge in [0.05, 0.1) is 7.05 Å². The summed E-state index contributed by atoms with van der Waals surface area (Å²) in [5.74, 6) is 0.614. The second-order valence-corrected chi connectivity index (χ2v) is 16.1. The average molecular weight is 750 g/mol. The molecule has 0 fully saturated rings. The first kappa shape index (κ1) is 32.2. The molecule has 12 aromatic rings. The molecule has 0 bridgehead atoms. The topological polar surface area (TPSA) is 39.2 Å². The van der Waals surface area contributed by atoms with Crippen molar-refractivity contribution in [3.05, 3.63) is 182 Å². The summed E-state index contributed by atoms with van der Waals surface area (Å²) in [5.41, 5.74) is 10.0. The molecule has 0 spiro atoms. The number of fused-ring (bicyclic) bond motifs is 11. The van der Waals surface area contributed by atoms with Crippen LogP contribution in [0.15, 0.2) is 191 Å². The highest BCUT2D eigenvalue weighted by atomic mass is 32.1. The van der Waals surface area contributed by atoms with E-state index in [2.05, 4.69) is 171 Å². The maximum Gasteiger partial charge on any atom is 0.227 e. The van der Waals surface area contributed by atoms with Crippen molar-refractivity contribution in [3.63, 3.8) is 0 Å². The fourth-order valence-corrected chi connectivity index (χ4v) is 10.0. The Labute approximate surface area is 331 Å². The minimum Gasteiger partial charge on any atom is -0.456 e. The minimum atomic E-state index is 0.439. The third-order valence-corrected chi connectivity index (χ3v) is 13.0. The summed E-state index contributed by atoms with van der Waals surface area (Å²) >= 11 is 1.85. The lowest BCUT2D eigenvalue weighted by Gasteiger charge is -2.33. The van der Waals surface area contributed by atoms with Gasteiger partial charge >= 0.3 is 0 Å². The average Bonchev–Trinajstić information content (AvgIpc) is 3.99. The summed E-state index contributed by atoms with van der Waals surface area (Å²) in [6, 6.07) is 65.0. The third-order valence-electron chi connectivity index (χ3n) is 11.9. The molecule has 0 radical (unpaired) electrons. The molecule has 0 saturated carbocycles. The van der Waals surface area contributed by atoms with E-state index < -0.39 is 0 Å². The van der Waals surface area contributed by atoms with Crippen molar-refractivity contribution in [2.45, 2.75) is 0 Å². The first-order valence-corrected chi connectivity index (χ1v) is 20.0. The summed E-state index contributed by atoms with van der Waals surface area (Å²) in [6.45, 7) is 0. The van der Waals surface area contributed by atoms with Crippen LogP contribution >= 0.6 is 11.3 Å². The monoisotopic (exact) mass is 749 g/mol. The van der Waals surface area contributed by atoms with Gasteiger partial charge in [-0.1, -0.05) is 103 Å². The van der Waals surface area contributed by atoms with E-state index in [9.17, 15) is 0 Å². The van der Waals surface area contributed by atoms with Crippen LogP contribution in [0, 0.1) is 0 Å². The van der Waals surface area contributed by atoms with Crippen LogP contribution in [-0.4, -0.2) is 12.0 Å². The van der Waals surface area contributed by atoms with E-state index in [0.29, 0.717) is 10.4 Å². The van der Waals surface area contributed by atoms with Crippen LogP contribution in [0.1, 0.15) is 0 Å². The fraction of sp³-hybridized carbons (Fsp3) is 0.0192. The Morgan fingerprint density at radius 2 is 1.09 bits per heavy atom. The quantitative estimate of drug-likeness (QED) is 0.130. The Bertz CT molecular complexity index is 3560. The number of furan rings is 1. The molecule has 0 aliphatic rings. The third kappa shape index (κ3) is 4.86. The molecule has 3 heterocycles. The van der Waals surface area contributed by atoms with Crippen LogP contribution < -0.4 is 4.48 Å². The van der Waals surface area contributed by atoms with Gasteiger partial charge in [0.25, 0.3) is 0 Å². The Kier molecular flexibility index (Phi) is 6.91. The lowest BCUT2D eigenvalue weighted by Crippen LogP contribution is -2.33. The molecule has 12 rings (SSSR count). The lowest BCUT2D eigenvalue weighted by molar-refractivity contribution is 0.623. The molecule has 1 unspecified atom stereocenters. The number of nitrogens with zero attached hydrogens (tertiary/aromatic N) is 2. The van der Waals surface area contributed by atoms with Crippen molar-refractivity contribution in [2.75, 3.05) is 7.05 Å². The molecule has 0 aliphatic heterocycles. The van der Waals surface area contributed by atoms with Crippen molar-refractivity contribution in [1.29, 1.82) is 0 Å². The van der Waals surface area contributed by atoms with Gasteiger partial charge in [-0.3, -0.25) is 0 Å². The molecule has 1 atom stereocenters. The highest BCUT2D eigenvalue weighted by Gasteiger charge is 2.33. The summed E-state index contributed by atoms with van der Waals surface area (Å²) in [6.07, 6.45) is 0. The van der Waals surface area contributed by atoms with Crippen molar-refractivity contribution in [2.24, 2.45) is 0 Å². The maximum atomic E-state index is 6.86. The SMILES string of the molecule is C[N+](c1ccc2c(c1)sc1ccccc12)(c1ccc2oc3ccccc3c2c1)c1ccc2ccc3ccc4nc(-c5ccccc5-c5ccccc5)oc4c3c2c1. The highest BCUT2D eigenvalue weighted by Crippen LogP contribution is 2.48. The van der Waals surface area contributed by atoms with Crippen LogP contribution in [0.4, 0.5) is 17.1 Å². The second kappa shape index (κ2) is 12.2. The minimum absolute atomic E-state index is 0.439. The van der Waals surface area contributed by atoms with Crippen LogP contribution in [-0.2, 0) is 0 Å². The molecule has 0 aliphatic carbocycles. The first-order valence-electron chi connectivity index (χ1n) is 19.2. The number of rotatable bonds is 5. The van der Waals surface area contributed by atoms with Gasteiger partial charge in [-0.05, 0) is 69.8 Å². The standard InChI is InChI=1S/C52H33N2O2S/c1-54(36-25-28-47-44(30-36)39-14-7-9-17-46(39)55-47,37-24-26-41-40-15-8-10-18-48(40)57-49(41)31-37)35-23-21-33-19-20-34-22-27-45-51(50(34)43(33)29-35)56-52(53-45)42-16-6-5-13-38(42)32-11-3-2-4-12-32/h2-31H,1H3/q+1. The lowest BCUT2D eigenvalue weighted by atomic mass is 9.99. The highest BCUT2D eigenvalue weighted by molar-refractivity contribution is 7.25. The van der Waals surface area contributed by atoms with Crippen molar-refractivity contribution < 1.29 is 8.83 Å². The molecule has 4 nitrogen and oxygen atoms in total. The van der Waals surface area contributed by atoms with E-state index in [1.165, 1.54) is 25.9 Å². The number of quaternary nitrogens is 1. The molecule has 268 valence electrons. The van der Waals surface area contributed by atoms with Gasteiger partial charge in [0.2, 0.25) is 5.89 Å². The molecular weight excluding hydrogens is 717 g/mol. The zero-order valence-corrected chi connectivity index (χ0v) is 31.8. The van der Waals surface area contributed by atoms with Crippen molar-refractivity contribution in [3.8, 4) is 22.6 Å². The van der Waals surface area contributed by atoms with Gasteiger partial charge in [-0.15, -0.1) is 11.3 Å². The van der Waals surface area contributed by atoms with E-state index in [4.69, 9.17) is 13.8 Å². The summed E-state index contributed by atoms with van der Waals surface area (Å²) in [4.78, 5) is 5.11. The summed E-state index contributed by atoms with van der Waals surface area (Å²) in [7, 11) is 2.31. The van der Waals surface area contributed by atoms with Gasteiger partial charge in [0.1, 0.15) is 33.7 Å². The van der Waals surface area contributed by atoms with Crippen LogP contribution in [0.2, 0.25) is 0 Å². The van der Waals surface area contributed by atoms with Gasteiger partial charge in [0.15, 0.2) is 5.58 Å². The maximum absolute atomic E-state index is 6.86. The molecular formula is C52H33N2O2S+. The Morgan fingerprint density at radius 3 is 1.98 bits per heavy atom. The summed E-state index contributed by atoms with van der Waals surface area (Å²) in [5, 5.41) is 9.23. The molecule has 9 aromatic carbocycles. The largest absolute Gasteiger partial charge is 0.456 e. The molecule has 3 aromatic heterocycles. The number of thiophene rings is 1. The van der Waals surface area contributed by atoms with Gasteiger partial charge in [-0.25, -0.2) is 9.47 Å². The fourth-order valence-electron chi connectivity index (χ4n) is 8.87. The Morgan fingerprint density at radius 1 is 0.456 bits per heavy atom. The Balaban J connectivity index is 1.11. The zero-order valence-electron chi connectivity index (χ0n) is 30.9. The number of aromatic nitrogens is 1. The number of hydrogen-bond acceptors (Lipinski definition) is 4. The molecule has 0 amide bonds. The van der Waals surface area contributed by atoms with E-state index >= 15 is 0 Å². The normalized spacial score (nSPS) is 13.1. The van der Waals surface area contributed by atoms with Gasteiger partial charge in [0, 0.05) is 78.3 Å². The van der Waals surface area contributed by atoms with Crippen LogP contribution in [0.3, 0.4) is 0 Å². The molecule has 57 heavy (non-hydrogen) atoms. The van der Waals surface area contributed by atoms with Crippen LogP contribution in [0.25, 0.3) is 97.3 Å². The first-order chi connectivity index (χ1) is 28.1. The van der Waals surface area contributed by atoms with Gasteiger partial charge in [-0.2, -0.15) is 0 Å². The van der Waals surface area contributed by atoms with E-state index in [-0.39, 0.29) is 0 Å². The van der Waals surface area contributed by atoms with Crippen molar-refractivity contribution in [1.82, 2.24) is 9.47 Å². The number of hydrogen-bond donors (Lipinski definition) is 0. The van der Waals surface area contributed by atoms with E-state index in [1.54, 1.807) is 0 Å². The molecule has 5 heteroatoms. The number of benzene rings is 9.